The highest BCUT2D eigenvalue weighted by molar-refractivity contribution is 5.47. The number of carbonyl (C=O) groups excluding carboxylic acids is 1. The number of amides is 1. The van der Waals surface area contributed by atoms with Crippen molar-refractivity contribution in [1.29, 1.82) is 0 Å². The number of nitrogens with zero attached hydrogens (tertiary/aromatic N) is 1. The van der Waals surface area contributed by atoms with Crippen molar-refractivity contribution in [1.82, 2.24) is 15.5 Å². The largest absolute Gasteiger partial charge is 0.470 e. The monoisotopic (exact) mass is 397 g/mol. The molecule has 2 aromatic carbocycles. The molecule has 2 aliphatic rings. The molecule has 3 N–H and O–H groups in total. The molecule has 0 spiro atoms. The van der Waals surface area contributed by atoms with Crippen LogP contribution in [0.1, 0.15) is 30.0 Å². The Morgan fingerprint density at radius 2 is 1.93 bits per heavy atom. The van der Waals surface area contributed by atoms with E-state index in [1.54, 1.807) is 0 Å². The number of likely N-dealkylation sites (N-methyl/N-ethyl adjacent to an activating group) is 1. The molecule has 0 aliphatic carbocycles. The van der Waals surface area contributed by atoms with Crippen LogP contribution in [0.3, 0.4) is 0 Å². The molecule has 6 heteroatoms. The number of nitrogens with one attached hydrogen (secondary N) is 2. The van der Waals surface area contributed by atoms with Crippen molar-refractivity contribution < 1.29 is 14.6 Å². The summed E-state index contributed by atoms with van der Waals surface area (Å²) in [5, 5.41) is 15.5. The first-order valence-corrected chi connectivity index (χ1v) is 10.3. The van der Waals surface area contributed by atoms with Gasteiger partial charge in [-0.3, -0.25) is 9.69 Å². The van der Waals surface area contributed by atoms with Gasteiger partial charge in [0.2, 0.25) is 6.41 Å². The number of fused-ring (bicyclic) bond motifs is 1. The average molecular weight is 398 g/mol. The number of para-hydroxylation sites is 1. The van der Waals surface area contributed by atoms with Crippen LogP contribution in [-0.2, 0) is 11.2 Å². The van der Waals surface area contributed by atoms with Gasteiger partial charge >= 0.3 is 0 Å². The van der Waals surface area contributed by atoms with E-state index in [0.717, 1.165) is 44.6 Å². The van der Waals surface area contributed by atoms with Crippen molar-refractivity contribution in [2.45, 2.75) is 37.6 Å². The van der Waals surface area contributed by atoms with Crippen molar-refractivity contribution in [2.75, 3.05) is 26.7 Å². The van der Waals surface area contributed by atoms with Crippen LogP contribution in [0.5, 0.6) is 5.75 Å². The first-order valence-electron chi connectivity index (χ1n) is 10.3. The van der Waals surface area contributed by atoms with Crippen molar-refractivity contribution in [2.24, 2.45) is 0 Å². The highest BCUT2D eigenvalue weighted by Crippen LogP contribution is 2.25. The van der Waals surface area contributed by atoms with E-state index in [4.69, 9.17) is 4.74 Å². The molecule has 156 valence electrons. The molecule has 2 aromatic rings. The lowest BCUT2D eigenvalue weighted by Crippen LogP contribution is -2.36. The molecule has 2 heterocycles. The molecule has 1 amide bonds. The smallest absolute Gasteiger partial charge is 0.209 e. The molecule has 0 saturated carbocycles. The summed E-state index contributed by atoms with van der Waals surface area (Å²) < 4.78 is 5.53. The number of aliphatic hydroxyl groups is 1. The standard InChI is InChI=1S/C13H20N2O.C10H11NO2/c1-14-13(11-5-3-2-4-6-11)10-15-8-7-12(16)9-15;12-7-11-10-6-5-8-3-1-2-4-9(8)13-10/h2-6,12-14,16H,7-10H2,1H3;1-4,7,10H,5-6H2,(H,11,12)/t12-,13?;/m0./s1. The van der Waals surface area contributed by atoms with Crippen molar-refractivity contribution >= 4 is 6.41 Å². The number of rotatable bonds is 6. The van der Waals surface area contributed by atoms with Gasteiger partial charge in [0, 0.05) is 32.1 Å². The molecule has 1 fully saturated rings. The second-order valence-electron chi connectivity index (χ2n) is 7.49. The van der Waals surface area contributed by atoms with Crippen LogP contribution in [0.2, 0.25) is 0 Å². The lowest BCUT2D eigenvalue weighted by atomic mass is 10.1. The van der Waals surface area contributed by atoms with E-state index in [9.17, 15) is 9.90 Å². The number of β-amino-alcohol motifs (C(OH)–C–C–N with tert-alkyl or cyclic N) is 1. The predicted molar refractivity (Wildman–Crippen MR) is 114 cm³/mol. The van der Waals surface area contributed by atoms with Gasteiger partial charge in [-0.25, -0.2) is 0 Å². The van der Waals surface area contributed by atoms with E-state index < -0.39 is 0 Å². The fraction of sp³-hybridized carbons (Fsp3) is 0.435. The predicted octanol–water partition coefficient (Wildman–Crippen LogP) is 2.10. The summed E-state index contributed by atoms with van der Waals surface area (Å²) in [6.45, 7) is 2.79. The zero-order valence-electron chi connectivity index (χ0n) is 17.0. The van der Waals surface area contributed by atoms with E-state index in [1.807, 2.05) is 37.4 Å². The highest BCUT2D eigenvalue weighted by Gasteiger charge is 2.23. The van der Waals surface area contributed by atoms with Gasteiger partial charge in [0.1, 0.15) is 5.75 Å². The summed E-state index contributed by atoms with van der Waals surface area (Å²) in [6, 6.07) is 18.7. The molecule has 29 heavy (non-hydrogen) atoms. The maximum atomic E-state index is 10.2. The summed E-state index contributed by atoms with van der Waals surface area (Å²) in [7, 11) is 1.99. The second kappa shape index (κ2) is 11.0. The van der Waals surface area contributed by atoms with E-state index in [2.05, 4.69) is 39.8 Å². The number of aliphatic hydroxyl groups excluding tert-OH is 1. The SMILES string of the molecule is CNC(CN1CC[C@H](O)C1)c1ccccc1.O=CNC1CCc2ccccc2O1. The minimum absolute atomic E-state index is 0.131. The molecule has 6 nitrogen and oxygen atoms in total. The third kappa shape index (κ3) is 6.29. The quantitative estimate of drug-likeness (QED) is 0.651. The zero-order valence-corrected chi connectivity index (χ0v) is 17.0. The van der Waals surface area contributed by atoms with Gasteiger partial charge in [0.15, 0.2) is 6.23 Å². The fourth-order valence-electron chi connectivity index (χ4n) is 3.80. The van der Waals surface area contributed by atoms with Crippen LogP contribution >= 0.6 is 0 Å². The fourth-order valence-corrected chi connectivity index (χ4v) is 3.80. The number of hydrogen-bond acceptors (Lipinski definition) is 5. The molecule has 0 aromatic heterocycles. The van der Waals surface area contributed by atoms with Gasteiger partial charge < -0.3 is 20.5 Å². The molecular formula is C23H31N3O3. The van der Waals surface area contributed by atoms with Gasteiger partial charge in [-0.2, -0.15) is 0 Å². The molecule has 3 atom stereocenters. The Kier molecular flexibility index (Phi) is 8.04. The Balaban J connectivity index is 0.000000169. The lowest BCUT2D eigenvalue weighted by Gasteiger charge is -2.24. The topological polar surface area (TPSA) is 73.8 Å². The lowest BCUT2D eigenvalue weighted by molar-refractivity contribution is -0.112. The summed E-state index contributed by atoms with van der Waals surface area (Å²) in [4.78, 5) is 12.5. The third-order valence-corrected chi connectivity index (χ3v) is 5.41. The molecule has 4 rings (SSSR count). The van der Waals surface area contributed by atoms with Crippen LogP contribution in [0.4, 0.5) is 0 Å². The Morgan fingerprint density at radius 1 is 1.17 bits per heavy atom. The van der Waals surface area contributed by atoms with Crippen LogP contribution in [0.25, 0.3) is 0 Å². The van der Waals surface area contributed by atoms with Crippen LogP contribution in [0, 0.1) is 0 Å². The Morgan fingerprint density at radius 3 is 2.62 bits per heavy atom. The Hall–Kier alpha value is -2.41. The van der Waals surface area contributed by atoms with Gasteiger partial charge in [-0.1, -0.05) is 48.5 Å². The molecule has 0 bridgehead atoms. The van der Waals surface area contributed by atoms with Gasteiger partial charge in [0.05, 0.1) is 6.10 Å². The Labute approximate surface area is 172 Å². The maximum Gasteiger partial charge on any atom is 0.209 e. The number of likely N-dealkylation sites (tertiary alicyclic amines) is 1. The molecule has 2 aliphatic heterocycles. The van der Waals surface area contributed by atoms with Crippen molar-refractivity contribution in [3.63, 3.8) is 0 Å². The minimum atomic E-state index is -0.160. The van der Waals surface area contributed by atoms with Crippen LogP contribution in [0.15, 0.2) is 54.6 Å². The molecule has 1 saturated heterocycles. The zero-order chi connectivity index (χ0) is 20.5. The minimum Gasteiger partial charge on any atom is -0.470 e. The third-order valence-electron chi connectivity index (χ3n) is 5.41. The summed E-state index contributed by atoms with van der Waals surface area (Å²) >= 11 is 0. The number of carbonyl (C=O) groups is 1. The molecular weight excluding hydrogens is 366 g/mol. The number of ether oxygens (including phenoxy) is 1. The first kappa shape index (κ1) is 21.3. The van der Waals surface area contributed by atoms with Crippen molar-refractivity contribution in [3.05, 3.63) is 65.7 Å². The molecule has 2 unspecified atom stereocenters. The number of hydrogen-bond donors (Lipinski definition) is 3. The first-order chi connectivity index (χ1) is 14.2. The van der Waals surface area contributed by atoms with E-state index in [0.29, 0.717) is 12.5 Å². The normalized spacial score (nSPS) is 21.9. The Bertz CT molecular complexity index is 756. The van der Waals surface area contributed by atoms with E-state index in [-0.39, 0.29) is 12.3 Å². The summed E-state index contributed by atoms with van der Waals surface area (Å²) in [5.41, 5.74) is 2.53. The van der Waals surface area contributed by atoms with Crippen LogP contribution < -0.4 is 15.4 Å². The van der Waals surface area contributed by atoms with Crippen molar-refractivity contribution in [3.8, 4) is 5.75 Å². The number of aryl methyl sites for hydroxylation is 1. The summed E-state index contributed by atoms with van der Waals surface area (Å²) in [6.07, 6.45) is 3.10. The van der Waals surface area contributed by atoms with E-state index >= 15 is 0 Å². The average Bonchev–Trinajstić information content (AvgIpc) is 3.18. The number of benzene rings is 2. The summed E-state index contributed by atoms with van der Waals surface area (Å²) in [5.74, 6) is 0.883. The molecule has 0 radical (unpaired) electrons. The second-order valence-corrected chi connectivity index (χ2v) is 7.49. The maximum absolute atomic E-state index is 10.2. The van der Waals surface area contributed by atoms with Gasteiger partial charge in [0.25, 0.3) is 0 Å². The van der Waals surface area contributed by atoms with Gasteiger partial charge in [-0.15, -0.1) is 0 Å². The van der Waals surface area contributed by atoms with Crippen LogP contribution in [-0.4, -0.2) is 55.4 Å². The van der Waals surface area contributed by atoms with E-state index in [1.165, 1.54) is 11.1 Å². The van der Waals surface area contributed by atoms with Gasteiger partial charge in [-0.05, 0) is 37.1 Å². The highest BCUT2D eigenvalue weighted by atomic mass is 16.5.